The SMILES string of the molecule is CCC(CC)OC(=O)C1(COc2c(-c3ccc4c(c3)CNC4=O)ccc(OC)c2OC)CCC1. The molecule has 1 amide bonds. The van der Waals surface area contributed by atoms with E-state index in [4.69, 9.17) is 18.9 Å². The van der Waals surface area contributed by atoms with Crippen molar-refractivity contribution < 1.29 is 28.5 Å². The van der Waals surface area contributed by atoms with Crippen LogP contribution in [0.15, 0.2) is 30.3 Å². The minimum atomic E-state index is -0.651. The van der Waals surface area contributed by atoms with Gasteiger partial charge in [-0.3, -0.25) is 9.59 Å². The molecule has 0 bridgehead atoms. The molecule has 1 aliphatic carbocycles. The molecule has 1 N–H and O–H groups in total. The van der Waals surface area contributed by atoms with Crippen LogP contribution >= 0.6 is 0 Å². The Morgan fingerprint density at radius 3 is 2.38 bits per heavy atom. The van der Waals surface area contributed by atoms with Gasteiger partial charge in [0.1, 0.15) is 18.1 Å². The smallest absolute Gasteiger partial charge is 0.315 e. The first kappa shape index (κ1) is 23.9. The summed E-state index contributed by atoms with van der Waals surface area (Å²) < 4.78 is 23.4. The molecule has 7 heteroatoms. The molecule has 0 atom stereocenters. The van der Waals surface area contributed by atoms with Gasteiger partial charge in [-0.15, -0.1) is 0 Å². The summed E-state index contributed by atoms with van der Waals surface area (Å²) >= 11 is 0. The minimum absolute atomic E-state index is 0.0618. The second kappa shape index (κ2) is 9.95. The molecule has 4 rings (SSSR count). The van der Waals surface area contributed by atoms with Gasteiger partial charge in [0.2, 0.25) is 5.75 Å². The Hall–Kier alpha value is -3.22. The van der Waals surface area contributed by atoms with E-state index in [0.29, 0.717) is 29.4 Å². The fraction of sp³-hybridized carbons (Fsp3) is 0.481. The molecule has 0 unspecified atom stereocenters. The molecular formula is C27H33NO6. The number of hydrogen-bond acceptors (Lipinski definition) is 6. The Kier molecular flexibility index (Phi) is 7.00. The van der Waals surface area contributed by atoms with Crippen LogP contribution in [-0.2, 0) is 16.1 Å². The standard InChI is InChI=1S/C27H33NO6/c1-5-19(6-2)34-26(30)27(12-7-13-27)16-33-23-20(10-11-22(31-3)24(23)32-4)17-8-9-21-18(14-17)15-28-25(21)29/h8-11,14,19H,5-7,12-13,15-16H2,1-4H3,(H,28,29). The van der Waals surface area contributed by atoms with Gasteiger partial charge in [0.15, 0.2) is 11.5 Å². The Morgan fingerprint density at radius 1 is 1.03 bits per heavy atom. The summed E-state index contributed by atoms with van der Waals surface area (Å²) in [5.74, 6) is 1.28. The zero-order valence-electron chi connectivity index (χ0n) is 20.4. The molecule has 0 radical (unpaired) electrons. The maximum absolute atomic E-state index is 13.1. The number of hydrogen-bond donors (Lipinski definition) is 1. The molecule has 2 aromatic carbocycles. The Balaban J connectivity index is 1.67. The van der Waals surface area contributed by atoms with Gasteiger partial charge in [-0.1, -0.05) is 26.3 Å². The van der Waals surface area contributed by atoms with Crippen molar-refractivity contribution >= 4 is 11.9 Å². The topological polar surface area (TPSA) is 83.1 Å². The van der Waals surface area contributed by atoms with E-state index in [0.717, 1.165) is 48.8 Å². The Morgan fingerprint density at radius 2 is 1.76 bits per heavy atom. The molecular weight excluding hydrogens is 434 g/mol. The summed E-state index contributed by atoms with van der Waals surface area (Å²) in [5, 5.41) is 2.85. The normalized spacial score (nSPS) is 15.9. The average Bonchev–Trinajstić information content (AvgIpc) is 3.21. The number of rotatable bonds is 10. The predicted molar refractivity (Wildman–Crippen MR) is 128 cm³/mol. The third-order valence-electron chi connectivity index (χ3n) is 7.02. The second-order valence-electron chi connectivity index (χ2n) is 9.00. The highest BCUT2D eigenvalue weighted by Gasteiger charge is 2.47. The fourth-order valence-corrected chi connectivity index (χ4v) is 4.62. The van der Waals surface area contributed by atoms with Crippen LogP contribution in [0.5, 0.6) is 17.2 Å². The number of carbonyl (C=O) groups excluding carboxylic acids is 2. The molecule has 1 heterocycles. The van der Waals surface area contributed by atoms with Crippen molar-refractivity contribution in [3.05, 3.63) is 41.5 Å². The molecule has 2 aromatic rings. The summed E-state index contributed by atoms with van der Waals surface area (Å²) in [6.07, 6.45) is 3.95. The van der Waals surface area contributed by atoms with Crippen molar-refractivity contribution in [1.29, 1.82) is 0 Å². The molecule has 2 aliphatic rings. The largest absolute Gasteiger partial charge is 0.493 e. The third kappa shape index (κ3) is 4.31. The average molecular weight is 468 g/mol. The van der Waals surface area contributed by atoms with Gasteiger partial charge >= 0.3 is 5.97 Å². The van der Waals surface area contributed by atoms with Gasteiger partial charge in [-0.05, 0) is 61.1 Å². The maximum atomic E-state index is 13.1. The van der Waals surface area contributed by atoms with Crippen LogP contribution in [0.1, 0.15) is 61.9 Å². The highest BCUT2D eigenvalue weighted by molar-refractivity contribution is 5.99. The number of ether oxygens (including phenoxy) is 4. The first-order valence-corrected chi connectivity index (χ1v) is 12.0. The van der Waals surface area contributed by atoms with Crippen LogP contribution in [0, 0.1) is 5.41 Å². The van der Waals surface area contributed by atoms with Crippen LogP contribution in [0.2, 0.25) is 0 Å². The van der Waals surface area contributed by atoms with Crippen molar-refractivity contribution in [3.63, 3.8) is 0 Å². The molecule has 182 valence electrons. The molecule has 0 spiro atoms. The Labute approximate surface area is 200 Å². The number of benzene rings is 2. The summed E-state index contributed by atoms with van der Waals surface area (Å²) in [6.45, 7) is 4.75. The van der Waals surface area contributed by atoms with Gasteiger partial charge in [0.05, 0.1) is 14.2 Å². The van der Waals surface area contributed by atoms with E-state index >= 15 is 0 Å². The van der Waals surface area contributed by atoms with Gasteiger partial charge in [0, 0.05) is 17.7 Å². The highest BCUT2D eigenvalue weighted by Crippen LogP contribution is 2.48. The molecule has 0 aromatic heterocycles. The lowest BCUT2D eigenvalue weighted by Gasteiger charge is -2.39. The maximum Gasteiger partial charge on any atom is 0.315 e. The van der Waals surface area contributed by atoms with Crippen LogP contribution in [0.4, 0.5) is 0 Å². The quantitative estimate of drug-likeness (QED) is 0.501. The lowest BCUT2D eigenvalue weighted by molar-refractivity contribution is -0.170. The summed E-state index contributed by atoms with van der Waals surface area (Å²) in [4.78, 5) is 25.1. The number of methoxy groups -OCH3 is 2. The molecule has 7 nitrogen and oxygen atoms in total. The highest BCUT2D eigenvalue weighted by atomic mass is 16.6. The number of nitrogens with one attached hydrogen (secondary N) is 1. The van der Waals surface area contributed by atoms with Crippen LogP contribution < -0.4 is 19.5 Å². The minimum Gasteiger partial charge on any atom is -0.493 e. The fourth-order valence-electron chi connectivity index (χ4n) is 4.62. The van der Waals surface area contributed by atoms with Crippen LogP contribution in [0.3, 0.4) is 0 Å². The molecule has 34 heavy (non-hydrogen) atoms. The zero-order valence-corrected chi connectivity index (χ0v) is 20.4. The van der Waals surface area contributed by atoms with Crippen molar-refractivity contribution in [2.24, 2.45) is 5.41 Å². The van der Waals surface area contributed by atoms with E-state index in [1.807, 2.05) is 44.2 Å². The summed E-state index contributed by atoms with van der Waals surface area (Å²) in [6, 6.07) is 9.46. The molecule has 1 fully saturated rings. The van der Waals surface area contributed by atoms with Crippen LogP contribution in [0.25, 0.3) is 11.1 Å². The lowest BCUT2D eigenvalue weighted by atomic mass is 9.69. The van der Waals surface area contributed by atoms with Crippen molar-refractivity contribution in [2.75, 3.05) is 20.8 Å². The van der Waals surface area contributed by atoms with E-state index in [1.165, 1.54) is 0 Å². The van der Waals surface area contributed by atoms with Crippen molar-refractivity contribution in [1.82, 2.24) is 5.32 Å². The van der Waals surface area contributed by atoms with Crippen LogP contribution in [-0.4, -0.2) is 38.8 Å². The molecule has 1 saturated carbocycles. The Bertz CT molecular complexity index is 1070. The third-order valence-corrected chi connectivity index (χ3v) is 7.02. The lowest BCUT2D eigenvalue weighted by Crippen LogP contribution is -2.45. The van der Waals surface area contributed by atoms with Gasteiger partial charge in [0.25, 0.3) is 5.91 Å². The van der Waals surface area contributed by atoms with Crippen molar-refractivity contribution in [3.8, 4) is 28.4 Å². The number of carbonyl (C=O) groups is 2. The predicted octanol–water partition coefficient (Wildman–Crippen LogP) is 4.90. The van der Waals surface area contributed by atoms with E-state index in [1.54, 1.807) is 14.2 Å². The number of fused-ring (bicyclic) bond motifs is 1. The number of esters is 1. The summed E-state index contributed by atoms with van der Waals surface area (Å²) in [5.41, 5.74) is 2.68. The first-order chi connectivity index (χ1) is 16.5. The van der Waals surface area contributed by atoms with Gasteiger partial charge < -0.3 is 24.3 Å². The number of amides is 1. The van der Waals surface area contributed by atoms with E-state index in [-0.39, 0.29) is 24.6 Å². The monoisotopic (exact) mass is 467 g/mol. The molecule has 1 aliphatic heterocycles. The molecule has 0 saturated heterocycles. The van der Waals surface area contributed by atoms with E-state index < -0.39 is 5.41 Å². The van der Waals surface area contributed by atoms with E-state index in [2.05, 4.69) is 5.32 Å². The second-order valence-corrected chi connectivity index (χ2v) is 9.00. The summed E-state index contributed by atoms with van der Waals surface area (Å²) in [7, 11) is 3.15. The van der Waals surface area contributed by atoms with Gasteiger partial charge in [-0.25, -0.2) is 0 Å². The zero-order chi connectivity index (χ0) is 24.3. The first-order valence-electron chi connectivity index (χ1n) is 12.0. The van der Waals surface area contributed by atoms with Gasteiger partial charge in [-0.2, -0.15) is 0 Å². The van der Waals surface area contributed by atoms with E-state index in [9.17, 15) is 9.59 Å². The van der Waals surface area contributed by atoms with Crippen molar-refractivity contribution in [2.45, 2.75) is 58.6 Å².